The molecule has 1 heterocycles. The SMILES string of the molecule is C=CCN(CCO)C(=O)c1ccc2ncccc2c1. The third-order valence-electron chi connectivity index (χ3n) is 2.86. The Hall–Kier alpha value is -2.20. The molecule has 0 aliphatic heterocycles. The van der Waals surface area contributed by atoms with E-state index in [0.29, 0.717) is 18.7 Å². The second kappa shape index (κ2) is 6.11. The summed E-state index contributed by atoms with van der Waals surface area (Å²) in [6.07, 6.45) is 3.37. The summed E-state index contributed by atoms with van der Waals surface area (Å²) in [5.41, 5.74) is 1.45. The summed E-state index contributed by atoms with van der Waals surface area (Å²) in [5.74, 6) is -0.111. The summed E-state index contributed by atoms with van der Waals surface area (Å²) in [4.78, 5) is 18.1. The zero-order chi connectivity index (χ0) is 13.7. The minimum absolute atomic E-state index is 0.0608. The largest absolute Gasteiger partial charge is 0.395 e. The van der Waals surface area contributed by atoms with Crippen molar-refractivity contribution in [2.45, 2.75) is 0 Å². The van der Waals surface area contributed by atoms with Crippen molar-refractivity contribution in [2.75, 3.05) is 19.7 Å². The Morgan fingerprint density at radius 3 is 3.00 bits per heavy atom. The zero-order valence-corrected chi connectivity index (χ0v) is 10.6. The average Bonchev–Trinajstić information content (AvgIpc) is 2.46. The summed E-state index contributed by atoms with van der Waals surface area (Å²) in [5, 5.41) is 9.92. The second-order valence-corrected chi connectivity index (χ2v) is 4.17. The van der Waals surface area contributed by atoms with Crippen LogP contribution in [0.3, 0.4) is 0 Å². The van der Waals surface area contributed by atoms with Crippen molar-refractivity contribution in [3.05, 3.63) is 54.7 Å². The molecule has 2 rings (SSSR count). The van der Waals surface area contributed by atoms with E-state index in [0.717, 1.165) is 10.9 Å². The van der Waals surface area contributed by atoms with Gasteiger partial charge in [-0.1, -0.05) is 12.1 Å². The van der Waals surface area contributed by atoms with Crippen molar-refractivity contribution in [3.63, 3.8) is 0 Å². The minimum Gasteiger partial charge on any atom is -0.395 e. The lowest BCUT2D eigenvalue weighted by molar-refractivity contribution is 0.0743. The number of aromatic nitrogens is 1. The molecule has 0 aliphatic rings. The molecule has 1 aromatic carbocycles. The molecule has 0 spiro atoms. The van der Waals surface area contributed by atoms with Crippen LogP contribution in [0.1, 0.15) is 10.4 Å². The molecule has 2 aromatic rings. The van der Waals surface area contributed by atoms with Crippen LogP contribution in [0.5, 0.6) is 0 Å². The first-order chi connectivity index (χ1) is 9.26. The van der Waals surface area contributed by atoms with Crippen LogP contribution in [0.25, 0.3) is 10.9 Å². The molecule has 0 radical (unpaired) electrons. The molecule has 4 nitrogen and oxygen atoms in total. The Morgan fingerprint density at radius 2 is 2.26 bits per heavy atom. The summed E-state index contributed by atoms with van der Waals surface area (Å²) in [6, 6.07) is 9.16. The van der Waals surface area contributed by atoms with Gasteiger partial charge in [-0.15, -0.1) is 6.58 Å². The highest BCUT2D eigenvalue weighted by Gasteiger charge is 2.14. The molecular formula is C15H16N2O2. The van der Waals surface area contributed by atoms with E-state index in [1.165, 1.54) is 0 Å². The Kier molecular flexibility index (Phi) is 4.26. The predicted molar refractivity (Wildman–Crippen MR) is 74.9 cm³/mol. The molecule has 0 saturated heterocycles. The van der Waals surface area contributed by atoms with Crippen LogP contribution < -0.4 is 0 Å². The highest BCUT2D eigenvalue weighted by Crippen LogP contribution is 2.14. The Morgan fingerprint density at radius 1 is 1.42 bits per heavy atom. The van der Waals surface area contributed by atoms with Gasteiger partial charge in [-0.05, 0) is 24.3 Å². The number of benzene rings is 1. The summed E-state index contributed by atoms with van der Waals surface area (Å²) >= 11 is 0. The van der Waals surface area contributed by atoms with E-state index in [4.69, 9.17) is 5.11 Å². The quantitative estimate of drug-likeness (QED) is 0.831. The standard InChI is InChI=1S/C15H16N2O2/c1-2-8-17(9-10-18)15(19)13-5-6-14-12(11-13)4-3-7-16-14/h2-7,11,18H,1,8-10H2. The van der Waals surface area contributed by atoms with Crippen LogP contribution in [-0.4, -0.2) is 40.6 Å². The number of fused-ring (bicyclic) bond motifs is 1. The number of hydrogen-bond donors (Lipinski definition) is 1. The fourth-order valence-electron chi connectivity index (χ4n) is 1.94. The number of amides is 1. The fourth-order valence-corrected chi connectivity index (χ4v) is 1.94. The van der Waals surface area contributed by atoms with Crippen molar-refractivity contribution >= 4 is 16.8 Å². The van der Waals surface area contributed by atoms with Gasteiger partial charge in [0, 0.05) is 30.2 Å². The number of aliphatic hydroxyl groups excluding tert-OH is 1. The van der Waals surface area contributed by atoms with Gasteiger partial charge >= 0.3 is 0 Å². The van der Waals surface area contributed by atoms with Crippen molar-refractivity contribution in [2.24, 2.45) is 0 Å². The van der Waals surface area contributed by atoms with Crippen molar-refractivity contribution in [3.8, 4) is 0 Å². The number of pyridine rings is 1. The number of nitrogens with zero attached hydrogens (tertiary/aromatic N) is 2. The fraction of sp³-hybridized carbons (Fsp3) is 0.200. The van der Waals surface area contributed by atoms with Crippen LogP contribution in [0, 0.1) is 0 Å². The van der Waals surface area contributed by atoms with Gasteiger partial charge in [0.1, 0.15) is 0 Å². The normalized spacial score (nSPS) is 10.4. The molecule has 0 fully saturated rings. The van der Waals surface area contributed by atoms with E-state index >= 15 is 0 Å². The Balaban J connectivity index is 2.31. The lowest BCUT2D eigenvalue weighted by atomic mass is 10.1. The van der Waals surface area contributed by atoms with E-state index in [9.17, 15) is 4.79 Å². The number of carbonyl (C=O) groups is 1. The van der Waals surface area contributed by atoms with Crippen LogP contribution in [0.15, 0.2) is 49.2 Å². The molecular weight excluding hydrogens is 240 g/mol. The third kappa shape index (κ3) is 2.98. The maximum Gasteiger partial charge on any atom is 0.254 e. The zero-order valence-electron chi connectivity index (χ0n) is 10.6. The summed E-state index contributed by atoms with van der Waals surface area (Å²) in [6.45, 7) is 4.29. The maximum absolute atomic E-state index is 12.3. The molecule has 0 bridgehead atoms. The Bertz CT molecular complexity index is 595. The molecule has 4 heteroatoms. The number of aliphatic hydroxyl groups is 1. The van der Waals surface area contributed by atoms with Crippen molar-refractivity contribution in [1.29, 1.82) is 0 Å². The number of hydrogen-bond acceptors (Lipinski definition) is 3. The smallest absolute Gasteiger partial charge is 0.254 e. The first kappa shape index (κ1) is 13.2. The van der Waals surface area contributed by atoms with Crippen LogP contribution >= 0.6 is 0 Å². The first-order valence-electron chi connectivity index (χ1n) is 6.12. The molecule has 0 unspecified atom stereocenters. The van der Waals surface area contributed by atoms with Gasteiger partial charge in [0.25, 0.3) is 5.91 Å². The van der Waals surface area contributed by atoms with Crippen molar-refractivity contribution < 1.29 is 9.90 Å². The second-order valence-electron chi connectivity index (χ2n) is 4.17. The highest BCUT2D eigenvalue weighted by molar-refractivity contribution is 5.98. The van der Waals surface area contributed by atoms with E-state index in [-0.39, 0.29) is 12.5 Å². The van der Waals surface area contributed by atoms with Crippen LogP contribution in [0.2, 0.25) is 0 Å². The molecule has 19 heavy (non-hydrogen) atoms. The van der Waals surface area contributed by atoms with E-state index in [1.807, 2.05) is 24.3 Å². The van der Waals surface area contributed by atoms with E-state index in [2.05, 4.69) is 11.6 Å². The van der Waals surface area contributed by atoms with Gasteiger partial charge in [0.2, 0.25) is 0 Å². The predicted octanol–water partition coefficient (Wildman–Crippen LogP) is 1.86. The Labute approximate surface area is 112 Å². The molecule has 1 aromatic heterocycles. The topological polar surface area (TPSA) is 53.4 Å². The number of carbonyl (C=O) groups excluding carboxylic acids is 1. The molecule has 0 saturated carbocycles. The van der Waals surface area contributed by atoms with Gasteiger partial charge in [-0.2, -0.15) is 0 Å². The van der Waals surface area contributed by atoms with E-state index in [1.54, 1.807) is 23.2 Å². The molecule has 0 atom stereocenters. The van der Waals surface area contributed by atoms with Gasteiger partial charge in [-0.25, -0.2) is 0 Å². The number of rotatable bonds is 5. The van der Waals surface area contributed by atoms with Crippen LogP contribution in [0.4, 0.5) is 0 Å². The van der Waals surface area contributed by atoms with Crippen LogP contribution in [-0.2, 0) is 0 Å². The minimum atomic E-state index is -0.111. The van der Waals surface area contributed by atoms with Crippen molar-refractivity contribution in [1.82, 2.24) is 9.88 Å². The van der Waals surface area contributed by atoms with Gasteiger partial charge in [0.05, 0.1) is 12.1 Å². The lowest BCUT2D eigenvalue weighted by Gasteiger charge is -2.20. The molecule has 1 N–H and O–H groups in total. The van der Waals surface area contributed by atoms with Gasteiger partial charge in [-0.3, -0.25) is 9.78 Å². The highest BCUT2D eigenvalue weighted by atomic mass is 16.3. The van der Waals surface area contributed by atoms with E-state index < -0.39 is 0 Å². The lowest BCUT2D eigenvalue weighted by Crippen LogP contribution is -2.33. The average molecular weight is 256 g/mol. The van der Waals surface area contributed by atoms with Gasteiger partial charge < -0.3 is 10.0 Å². The maximum atomic E-state index is 12.3. The molecule has 98 valence electrons. The summed E-state index contributed by atoms with van der Waals surface area (Å²) < 4.78 is 0. The first-order valence-corrected chi connectivity index (χ1v) is 6.12. The summed E-state index contributed by atoms with van der Waals surface area (Å²) in [7, 11) is 0. The third-order valence-corrected chi connectivity index (χ3v) is 2.86. The molecule has 0 aliphatic carbocycles. The monoisotopic (exact) mass is 256 g/mol. The van der Waals surface area contributed by atoms with Gasteiger partial charge in [0.15, 0.2) is 0 Å². The molecule has 1 amide bonds.